The first-order valence-electron chi connectivity index (χ1n) is 18.7. The molecule has 12 nitrogen and oxygen atoms in total. The lowest BCUT2D eigenvalue weighted by Gasteiger charge is -2.30. The van der Waals surface area contributed by atoms with Gasteiger partial charge in [0.05, 0.1) is 40.8 Å². The van der Waals surface area contributed by atoms with Gasteiger partial charge in [-0.25, -0.2) is 14.6 Å². The van der Waals surface area contributed by atoms with E-state index in [4.69, 9.17) is 9.47 Å². The third kappa shape index (κ3) is 13.8. The Bertz CT molecular complexity index is 1700. The molecule has 4 aromatic rings. The number of hydrogen-bond acceptors (Lipinski definition) is 10. The van der Waals surface area contributed by atoms with Gasteiger partial charge in [-0.1, -0.05) is 74.5 Å². The third-order valence-electron chi connectivity index (χ3n) is 9.27. The molecule has 0 radical (unpaired) electrons. The van der Waals surface area contributed by atoms with Crippen LogP contribution in [0, 0.1) is 0 Å². The molecule has 3 N–H and O–H groups in total. The van der Waals surface area contributed by atoms with Gasteiger partial charge < -0.3 is 30.3 Å². The lowest BCUT2D eigenvalue weighted by Crippen LogP contribution is -2.54. The first kappa shape index (κ1) is 40.8. The maximum absolute atomic E-state index is 14.2. The van der Waals surface area contributed by atoms with E-state index in [0.717, 1.165) is 39.8 Å². The molecule has 54 heavy (non-hydrogen) atoms. The summed E-state index contributed by atoms with van der Waals surface area (Å²) in [5.41, 5.74) is 4.70. The molecular formula is C40H53N7O5S2. The fourth-order valence-corrected chi connectivity index (χ4v) is 7.58. The second-order valence-electron chi connectivity index (χ2n) is 14.0. The largest absolute Gasteiger partial charge is 0.444 e. The van der Waals surface area contributed by atoms with E-state index >= 15 is 0 Å². The van der Waals surface area contributed by atoms with E-state index in [2.05, 4.69) is 44.7 Å². The zero-order valence-corrected chi connectivity index (χ0v) is 33.1. The molecule has 0 saturated carbocycles. The van der Waals surface area contributed by atoms with Gasteiger partial charge in [-0.15, -0.1) is 22.7 Å². The fraction of sp³-hybridized carbons (Fsp3) is 0.475. The zero-order chi connectivity index (χ0) is 38.1. The molecule has 14 heteroatoms. The second kappa shape index (κ2) is 21.5. The first-order chi connectivity index (χ1) is 26.2. The van der Waals surface area contributed by atoms with Crippen molar-refractivity contribution < 1.29 is 23.9 Å². The lowest BCUT2D eigenvalue weighted by molar-refractivity contribution is -0.124. The van der Waals surface area contributed by atoms with E-state index in [0.29, 0.717) is 64.3 Å². The predicted molar refractivity (Wildman–Crippen MR) is 213 cm³/mol. The summed E-state index contributed by atoms with van der Waals surface area (Å²) < 4.78 is 11.1. The summed E-state index contributed by atoms with van der Waals surface area (Å²) in [5.74, 6) is 0.0746. The summed E-state index contributed by atoms with van der Waals surface area (Å²) in [5, 5.41) is 12.4. The second-order valence-corrected chi connectivity index (χ2v) is 15.8. The van der Waals surface area contributed by atoms with Crippen molar-refractivity contribution in [2.75, 3.05) is 39.9 Å². The van der Waals surface area contributed by atoms with Crippen molar-refractivity contribution in [1.29, 1.82) is 0 Å². The Morgan fingerprint density at radius 1 is 0.889 bits per heavy atom. The Labute approximate surface area is 326 Å². The van der Waals surface area contributed by atoms with Gasteiger partial charge >= 0.3 is 12.1 Å². The van der Waals surface area contributed by atoms with Crippen LogP contribution in [0.5, 0.6) is 0 Å². The zero-order valence-electron chi connectivity index (χ0n) is 31.4. The Morgan fingerprint density at radius 2 is 1.54 bits per heavy atom. The minimum Gasteiger partial charge on any atom is -0.444 e. The molecule has 1 aliphatic heterocycles. The van der Waals surface area contributed by atoms with Crippen molar-refractivity contribution in [2.24, 2.45) is 0 Å². The number of hydrogen-bond donors (Lipinski definition) is 3. The van der Waals surface area contributed by atoms with Crippen LogP contribution in [0.25, 0.3) is 0 Å². The molecule has 3 atom stereocenters. The molecule has 0 bridgehead atoms. The van der Waals surface area contributed by atoms with Gasteiger partial charge in [-0.3, -0.25) is 14.7 Å². The molecule has 3 heterocycles. The topological polar surface area (TPSA) is 138 Å². The molecule has 1 fully saturated rings. The standard InChI is InChI=1S/C40H53N7O5S2/c1-29(2)38-43-34(27-53-38)25-46(3)39(49)45-36(16-17-47-18-20-51-21-19-47)37(48)42-32(22-30-10-6-4-7-11-30)14-15-33(23-31-12-8-5-9-13-31)44-40(50)52-26-35-24-41-28-54-35/h4-13,24,27-29,32-33,36H,14-23,25-26H2,1-3H3,(H,42,48)(H,44,50)(H,45,49)/t32-,33-,36+/m0/s1. The van der Waals surface area contributed by atoms with Crippen molar-refractivity contribution in [2.45, 2.75) is 83.1 Å². The number of ether oxygens (including phenoxy) is 2. The number of benzene rings is 2. The van der Waals surface area contributed by atoms with Gasteiger partial charge in [0.15, 0.2) is 0 Å². The molecule has 2 aromatic heterocycles. The molecule has 1 aliphatic rings. The Morgan fingerprint density at radius 3 is 2.13 bits per heavy atom. The lowest BCUT2D eigenvalue weighted by atomic mass is 9.95. The van der Waals surface area contributed by atoms with Gasteiger partial charge in [0.1, 0.15) is 12.6 Å². The highest BCUT2D eigenvalue weighted by molar-refractivity contribution is 7.09. The summed E-state index contributed by atoms with van der Waals surface area (Å²) in [4.78, 5) is 54.2. The summed E-state index contributed by atoms with van der Waals surface area (Å²) in [6, 6.07) is 18.4. The van der Waals surface area contributed by atoms with Crippen LogP contribution in [0.15, 0.2) is 77.8 Å². The van der Waals surface area contributed by atoms with Crippen molar-refractivity contribution in [1.82, 2.24) is 35.7 Å². The number of carbonyl (C=O) groups is 3. The van der Waals surface area contributed by atoms with Crippen LogP contribution in [0.1, 0.15) is 65.7 Å². The number of aromatic nitrogens is 2. The average molecular weight is 776 g/mol. The van der Waals surface area contributed by atoms with Crippen molar-refractivity contribution in [3.05, 3.63) is 104 Å². The molecule has 0 unspecified atom stereocenters. The maximum atomic E-state index is 14.2. The van der Waals surface area contributed by atoms with Crippen LogP contribution < -0.4 is 16.0 Å². The van der Waals surface area contributed by atoms with E-state index in [1.54, 1.807) is 35.0 Å². The third-order valence-corrected chi connectivity index (χ3v) is 11.2. The van der Waals surface area contributed by atoms with Gasteiger partial charge in [0.25, 0.3) is 0 Å². The quantitative estimate of drug-likeness (QED) is 0.106. The highest BCUT2D eigenvalue weighted by Gasteiger charge is 2.27. The van der Waals surface area contributed by atoms with Gasteiger partial charge in [0, 0.05) is 56.3 Å². The highest BCUT2D eigenvalue weighted by Crippen LogP contribution is 2.20. The highest BCUT2D eigenvalue weighted by atomic mass is 32.1. The number of nitrogens with zero attached hydrogens (tertiary/aromatic N) is 4. The van der Waals surface area contributed by atoms with Crippen molar-refractivity contribution in [3.8, 4) is 0 Å². The summed E-state index contributed by atoms with van der Waals surface area (Å²) in [6.45, 7) is 8.19. The number of alkyl carbamates (subject to hydrolysis) is 1. The predicted octanol–water partition coefficient (Wildman–Crippen LogP) is 6.00. The van der Waals surface area contributed by atoms with Crippen molar-refractivity contribution in [3.63, 3.8) is 0 Å². The molecule has 290 valence electrons. The number of urea groups is 1. The Kier molecular flexibility index (Phi) is 16.2. The first-order valence-corrected chi connectivity index (χ1v) is 20.4. The van der Waals surface area contributed by atoms with E-state index < -0.39 is 12.1 Å². The summed E-state index contributed by atoms with van der Waals surface area (Å²) in [6.07, 6.45) is 4.00. The number of morpholine rings is 1. The molecule has 1 saturated heterocycles. The van der Waals surface area contributed by atoms with Crippen LogP contribution in [0.2, 0.25) is 0 Å². The van der Waals surface area contributed by atoms with E-state index in [9.17, 15) is 14.4 Å². The summed E-state index contributed by atoms with van der Waals surface area (Å²) >= 11 is 3.02. The minimum absolute atomic E-state index is 0.150. The fourth-order valence-electron chi connectivity index (χ4n) is 6.25. The Balaban J connectivity index is 1.28. The van der Waals surface area contributed by atoms with Crippen LogP contribution in [-0.4, -0.2) is 95.8 Å². The number of rotatable bonds is 19. The smallest absolute Gasteiger partial charge is 0.407 e. The van der Waals surface area contributed by atoms with E-state index in [-0.39, 0.29) is 30.6 Å². The monoisotopic (exact) mass is 775 g/mol. The Hall–Kier alpha value is -4.37. The number of amides is 4. The van der Waals surface area contributed by atoms with Crippen LogP contribution in [0.3, 0.4) is 0 Å². The van der Waals surface area contributed by atoms with Crippen LogP contribution in [0.4, 0.5) is 9.59 Å². The summed E-state index contributed by atoms with van der Waals surface area (Å²) in [7, 11) is 1.72. The van der Waals surface area contributed by atoms with Crippen LogP contribution in [-0.2, 0) is 40.3 Å². The molecular weight excluding hydrogens is 723 g/mol. The van der Waals surface area contributed by atoms with Crippen LogP contribution >= 0.6 is 22.7 Å². The average Bonchev–Trinajstić information content (AvgIpc) is 3.89. The SMILES string of the molecule is CC(C)c1nc(CN(C)C(=O)N[C@H](CCN2CCOCC2)C(=O)N[C@@H](CC[C@@H](Cc2ccccc2)NC(=O)OCc2cncs2)Cc2ccccc2)cs1. The molecule has 4 amide bonds. The minimum atomic E-state index is -0.761. The molecule has 2 aromatic carbocycles. The van der Waals surface area contributed by atoms with Gasteiger partial charge in [0.2, 0.25) is 5.91 Å². The maximum Gasteiger partial charge on any atom is 0.407 e. The number of thiazole rings is 2. The molecule has 0 aliphatic carbocycles. The molecule has 0 spiro atoms. The number of carbonyl (C=O) groups excluding carboxylic acids is 3. The van der Waals surface area contributed by atoms with E-state index in [1.165, 1.54) is 11.3 Å². The van der Waals surface area contributed by atoms with Crippen molar-refractivity contribution >= 4 is 40.7 Å². The van der Waals surface area contributed by atoms with Gasteiger partial charge in [-0.05, 0) is 43.2 Å². The van der Waals surface area contributed by atoms with Gasteiger partial charge in [-0.2, -0.15) is 0 Å². The number of nitrogens with one attached hydrogen (secondary N) is 3. The normalized spacial score (nSPS) is 14.9. The molecule has 5 rings (SSSR count). The van der Waals surface area contributed by atoms with E-state index in [1.807, 2.05) is 66.0 Å².